The van der Waals surface area contributed by atoms with E-state index in [-0.39, 0.29) is 11.8 Å². The van der Waals surface area contributed by atoms with Crippen molar-refractivity contribution in [3.8, 4) is 5.75 Å². The van der Waals surface area contributed by atoms with Crippen LogP contribution in [-0.2, 0) is 22.4 Å². The fourth-order valence-corrected chi connectivity index (χ4v) is 4.00. The third-order valence-electron chi connectivity index (χ3n) is 5.52. The van der Waals surface area contributed by atoms with Crippen molar-refractivity contribution in [2.24, 2.45) is 0 Å². The van der Waals surface area contributed by atoms with Gasteiger partial charge < -0.3 is 15.0 Å². The van der Waals surface area contributed by atoms with Gasteiger partial charge in [-0.15, -0.1) is 0 Å². The van der Waals surface area contributed by atoms with Gasteiger partial charge in [0.15, 0.2) is 0 Å². The highest BCUT2D eigenvalue weighted by Gasteiger charge is 2.37. The molecule has 2 aromatic carbocycles. The summed E-state index contributed by atoms with van der Waals surface area (Å²) >= 11 is 0. The summed E-state index contributed by atoms with van der Waals surface area (Å²) in [5.41, 5.74) is 4.05. The van der Waals surface area contributed by atoms with Gasteiger partial charge in [-0.05, 0) is 41.8 Å². The number of hydrogen-bond donors (Lipinski definition) is 2. The average Bonchev–Trinajstić information content (AvgIpc) is 3.34. The molecule has 0 saturated heterocycles. The van der Waals surface area contributed by atoms with Crippen molar-refractivity contribution in [1.82, 2.24) is 10.3 Å². The number of para-hydroxylation sites is 1. The van der Waals surface area contributed by atoms with E-state index in [2.05, 4.69) is 10.3 Å². The Balaban J connectivity index is 1.44. The molecule has 1 aliphatic rings. The summed E-state index contributed by atoms with van der Waals surface area (Å²) in [5.74, 6) is 0.666. The van der Waals surface area contributed by atoms with Crippen LogP contribution in [0.1, 0.15) is 24.5 Å². The number of fused-ring (bicyclic) bond motifs is 2. The molecule has 0 bridgehead atoms. The summed E-state index contributed by atoms with van der Waals surface area (Å²) in [5, 5.41) is 4.11. The molecule has 1 aromatic heterocycles. The number of nitrogens with one attached hydrogen (secondary N) is 2. The summed E-state index contributed by atoms with van der Waals surface area (Å²) < 4.78 is 5.31. The van der Waals surface area contributed by atoms with Crippen molar-refractivity contribution in [2.75, 3.05) is 18.6 Å². The minimum absolute atomic E-state index is 0.0289. The largest absolute Gasteiger partial charge is 0.497 e. The first-order valence-corrected chi connectivity index (χ1v) is 9.94. The lowest BCUT2D eigenvalue weighted by Crippen LogP contribution is -2.48. The van der Waals surface area contributed by atoms with Gasteiger partial charge in [0.25, 0.3) is 0 Å². The molecule has 3 aromatic rings. The van der Waals surface area contributed by atoms with E-state index in [1.807, 2.05) is 55.6 Å². The van der Waals surface area contributed by atoms with Crippen LogP contribution in [0.4, 0.5) is 5.69 Å². The van der Waals surface area contributed by atoms with E-state index in [0.717, 1.165) is 33.5 Å². The van der Waals surface area contributed by atoms with Gasteiger partial charge in [0.05, 0.1) is 7.11 Å². The molecule has 6 heteroatoms. The summed E-state index contributed by atoms with van der Waals surface area (Å²) in [4.78, 5) is 30.3. The van der Waals surface area contributed by atoms with Gasteiger partial charge >= 0.3 is 0 Å². The maximum absolute atomic E-state index is 12.9. The molecule has 2 amide bonds. The fourth-order valence-electron chi connectivity index (χ4n) is 4.00. The highest BCUT2D eigenvalue weighted by Crippen LogP contribution is 2.32. The Bertz CT molecular complexity index is 1060. The number of methoxy groups -OCH3 is 1. The van der Waals surface area contributed by atoms with Crippen molar-refractivity contribution >= 4 is 28.4 Å². The maximum atomic E-state index is 12.9. The number of aromatic amines is 1. The van der Waals surface area contributed by atoms with E-state index in [0.29, 0.717) is 25.8 Å². The zero-order chi connectivity index (χ0) is 20.4. The number of hydrogen-bond acceptors (Lipinski definition) is 3. The van der Waals surface area contributed by atoms with Gasteiger partial charge in [0.2, 0.25) is 11.8 Å². The molecule has 0 radical (unpaired) electrons. The second-order valence-corrected chi connectivity index (χ2v) is 7.23. The zero-order valence-electron chi connectivity index (χ0n) is 16.7. The maximum Gasteiger partial charge on any atom is 0.243 e. The molecule has 2 heterocycles. The highest BCUT2D eigenvalue weighted by atomic mass is 16.5. The Labute approximate surface area is 169 Å². The second-order valence-electron chi connectivity index (χ2n) is 7.23. The molecule has 29 heavy (non-hydrogen) atoms. The summed E-state index contributed by atoms with van der Waals surface area (Å²) in [6, 6.07) is 13.2. The SMILES string of the molecule is CCC(=O)N1c2ccccc2CC1C(=O)NCCc1c[nH]c2ccc(OC)cc12. The van der Waals surface area contributed by atoms with E-state index < -0.39 is 6.04 Å². The second kappa shape index (κ2) is 7.99. The molecule has 6 nitrogen and oxygen atoms in total. The van der Waals surface area contributed by atoms with E-state index in [1.54, 1.807) is 12.0 Å². The number of nitrogens with zero attached hydrogens (tertiary/aromatic N) is 1. The molecule has 150 valence electrons. The van der Waals surface area contributed by atoms with Crippen LogP contribution in [0.3, 0.4) is 0 Å². The van der Waals surface area contributed by atoms with Gasteiger partial charge in [-0.1, -0.05) is 25.1 Å². The first-order chi connectivity index (χ1) is 14.1. The number of anilines is 1. The molecule has 4 rings (SSSR count). The lowest BCUT2D eigenvalue weighted by molar-refractivity contribution is -0.126. The summed E-state index contributed by atoms with van der Waals surface area (Å²) in [7, 11) is 1.65. The van der Waals surface area contributed by atoms with Gasteiger partial charge in [0, 0.05) is 42.2 Å². The molecule has 0 aliphatic carbocycles. The zero-order valence-corrected chi connectivity index (χ0v) is 16.7. The first-order valence-electron chi connectivity index (χ1n) is 9.94. The van der Waals surface area contributed by atoms with Gasteiger partial charge in [0.1, 0.15) is 11.8 Å². The van der Waals surface area contributed by atoms with Crippen LogP contribution in [0.15, 0.2) is 48.7 Å². The molecule has 2 N–H and O–H groups in total. The monoisotopic (exact) mass is 391 g/mol. The minimum atomic E-state index is -0.483. The fraction of sp³-hybridized carbons (Fsp3) is 0.304. The van der Waals surface area contributed by atoms with Crippen LogP contribution >= 0.6 is 0 Å². The number of carbonyl (C=O) groups is 2. The number of H-pyrrole nitrogens is 1. The predicted octanol–water partition coefficient (Wildman–Crippen LogP) is 3.20. The van der Waals surface area contributed by atoms with Crippen LogP contribution in [0, 0.1) is 0 Å². The van der Waals surface area contributed by atoms with E-state index in [9.17, 15) is 9.59 Å². The summed E-state index contributed by atoms with van der Waals surface area (Å²) in [6.45, 7) is 2.33. The number of amides is 2. The third kappa shape index (κ3) is 3.58. The lowest BCUT2D eigenvalue weighted by atomic mass is 10.1. The Morgan fingerprint density at radius 3 is 2.86 bits per heavy atom. The Hall–Kier alpha value is -3.28. The van der Waals surface area contributed by atoms with Crippen molar-refractivity contribution in [1.29, 1.82) is 0 Å². The predicted molar refractivity (Wildman–Crippen MR) is 113 cm³/mol. The molecular weight excluding hydrogens is 366 g/mol. The van der Waals surface area contributed by atoms with Crippen LogP contribution in [0.25, 0.3) is 10.9 Å². The quantitative estimate of drug-likeness (QED) is 0.678. The van der Waals surface area contributed by atoms with Gasteiger partial charge in [-0.25, -0.2) is 0 Å². The molecular formula is C23H25N3O3. The number of benzene rings is 2. The van der Waals surface area contributed by atoms with E-state index in [4.69, 9.17) is 4.74 Å². The van der Waals surface area contributed by atoms with Crippen LogP contribution < -0.4 is 15.0 Å². The van der Waals surface area contributed by atoms with Crippen LogP contribution in [0.5, 0.6) is 5.75 Å². The standard InChI is InChI=1S/C23H25N3O3/c1-3-22(27)26-20-7-5-4-6-15(20)12-21(26)23(28)24-11-10-16-14-25-19-9-8-17(29-2)13-18(16)19/h4-9,13-14,21,25H,3,10-12H2,1-2H3,(H,24,28). The highest BCUT2D eigenvalue weighted by molar-refractivity contribution is 6.03. The molecule has 1 atom stereocenters. The Kier molecular flexibility index (Phi) is 5.25. The van der Waals surface area contributed by atoms with Crippen molar-refractivity contribution in [2.45, 2.75) is 32.2 Å². The van der Waals surface area contributed by atoms with E-state index >= 15 is 0 Å². The van der Waals surface area contributed by atoms with Gasteiger partial charge in [-0.3, -0.25) is 14.5 Å². The smallest absolute Gasteiger partial charge is 0.243 e. The average molecular weight is 391 g/mol. The van der Waals surface area contributed by atoms with Crippen molar-refractivity contribution in [3.63, 3.8) is 0 Å². The van der Waals surface area contributed by atoms with Crippen LogP contribution in [-0.4, -0.2) is 36.5 Å². The first kappa shape index (κ1) is 19.1. The van der Waals surface area contributed by atoms with Gasteiger partial charge in [-0.2, -0.15) is 0 Å². The third-order valence-corrected chi connectivity index (χ3v) is 5.52. The Morgan fingerprint density at radius 1 is 1.24 bits per heavy atom. The normalized spacial score (nSPS) is 15.4. The number of ether oxygens (including phenoxy) is 1. The molecule has 0 spiro atoms. The molecule has 1 aliphatic heterocycles. The van der Waals surface area contributed by atoms with Crippen molar-refractivity contribution < 1.29 is 14.3 Å². The lowest BCUT2D eigenvalue weighted by Gasteiger charge is -2.24. The van der Waals surface area contributed by atoms with Crippen molar-refractivity contribution in [3.05, 3.63) is 59.8 Å². The van der Waals surface area contributed by atoms with Crippen LogP contribution in [0.2, 0.25) is 0 Å². The number of aromatic nitrogens is 1. The van der Waals surface area contributed by atoms with E-state index in [1.165, 1.54) is 0 Å². The Morgan fingerprint density at radius 2 is 2.07 bits per heavy atom. The minimum Gasteiger partial charge on any atom is -0.497 e. The number of carbonyl (C=O) groups excluding carboxylic acids is 2. The number of rotatable bonds is 6. The molecule has 0 saturated carbocycles. The summed E-state index contributed by atoms with van der Waals surface area (Å²) in [6.07, 6.45) is 3.59. The topological polar surface area (TPSA) is 74.4 Å². The molecule has 0 fully saturated rings. The molecule has 1 unspecified atom stereocenters.